The minimum absolute atomic E-state index is 0.0162. The van der Waals surface area contributed by atoms with Crippen LogP contribution in [0.1, 0.15) is 53.9 Å². The molecule has 1 aliphatic rings. The largest absolute Gasteiger partial charge is 0.325 e. The van der Waals surface area contributed by atoms with Gasteiger partial charge in [0.25, 0.3) is 0 Å². The second-order valence-corrected chi connectivity index (χ2v) is 6.79. The fraction of sp³-hybridized carbons (Fsp3) is 0.923. The van der Waals surface area contributed by atoms with Crippen molar-refractivity contribution in [1.82, 2.24) is 4.90 Å². The molecule has 94 valence electrons. The first kappa shape index (κ1) is 13.9. The molecule has 0 saturated carbocycles. The summed E-state index contributed by atoms with van der Waals surface area (Å²) in [5.41, 5.74) is 0. The lowest BCUT2D eigenvalue weighted by molar-refractivity contribution is -0.134. The predicted octanol–water partition coefficient (Wildman–Crippen LogP) is 3.51. The zero-order valence-electron chi connectivity index (χ0n) is 11.2. The number of nitrogens with zero attached hydrogens (tertiary/aromatic N) is 1. The van der Waals surface area contributed by atoms with Crippen LogP contribution in [-0.2, 0) is 4.79 Å². The van der Waals surface area contributed by atoms with Gasteiger partial charge in [-0.1, -0.05) is 26.7 Å². The van der Waals surface area contributed by atoms with Gasteiger partial charge in [-0.2, -0.15) is 0 Å². The molecular formula is C13H25NOS. The molecule has 0 spiro atoms. The van der Waals surface area contributed by atoms with E-state index in [9.17, 15) is 4.79 Å². The lowest BCUT2D eigenvalue weighted by Gasteiger charge is -2.37. The molecule has 1 saturated heterocycles. The zero-order valence-corrected chi connectivity index (χ0v) is 12.1. The van der Waals surface area contributed by atoms with Crippen molar-refractivity contribution in [1.29, 1.82) is 0 Å². The Bertz CT molecular complexity index is 252. The summed E-state index contributed by atoms with van der Waals surface area (Å²) in [6, 6.07) is 0.447. The lowest BCUT2D eigenvalue weighted by atomic mass is 9.91. The second kappa shape index (κ2) is 5.44. The van der Waals surface area contributed by atoms with Gasteiger partial charge in [0.05, 0.1) is 4.87 Å². The fourth-order valence-corrected chi connectivity index (χ4v) is 4.23. The molecular weight excluding hydrogens is 218 g/mol. The van der Waals surface area contributed by atoms with Gasteiger partial charge in [-0.25, -0.2) is 0 Å². The Balaban J connectivity index is 2.83. The second-order valence-electron chi connectivity index (χ2n) is 5.17. The molecule has 3 heteroatoms. The number of amides is 1. The van der Waals surface area contributed by atoms with E-state index in [-0.39, 0.29) is 10.8 Å². The number of carbonyl (C=O) groups is 1. The molecule has 1 aliphatic heterocycles. The van der Waals surface area contributed by atoms with Gasteiger partial charge in [-0.15, -0.1) is 11.8 Å². The van der Waals surface area contributed by atoms with Crippen LogP contribution in [0.4, 0.5) is 0 Å². The Morgan fingerprint density at radius 3 is 2.56 bits per heavy atom. The highest BCUT2D eigenvalue weighted by atomic mass is 32.2. The van der Waals surface area contributed by atoms with Crippen molar-refractivity contribution >= 4 is 17.7 Å². The van der Waals surface area contributed by atoms with E-state index in [0.29, 0.717) is 12.0 Å². The summed E-state index contributed by atoms with van der Waals surface area (Å²) in [5.74, 6) is 2.00. The van der Waals surface area contributed by atoms with Crippen molar-refractivity contribution in [3.8, 4) is 0 Å². The molecule has 0 aliphatic carbocycles. The third-order valence-corrected chi connectivity index (χ3v) is 5.00. The maximum Gasteiger partial charge on any atom is 0.220 e. The van der Waals surface area contributed by atoms with Crippen LogP contribution >= 0.6 is 11.8 Å². The molecule has 1 amide bonds. The molecule has 1 heterocycles. The van der Waals surface area contributed by atoms with Crippen molar-refractivity contribution in [3.05, 3.63) is 0 Å². The van der Waals surface area contributed by atoms with Crippen LogP contribution in [0, 0.1) is 5.92 Å². The Kier molecular flexibility index (Phi) is 4.72. The number of hydrogen-bond acceptors (Lipinski definition) is 2. The maximum atomic E-state index is 11.8. The van der Waals surface area contributed by atoms with Crippen LogP contribution in [-0.4, -0.2) is 27.5 Å². The topological polar surface area (TPSA) is 20.3 Å². The standard InChI is InChI=1S/C13H25NOS/c1-6-8-11(7-2)12-9-16-13(4,5)14(12)10(3)15/h11-12H,6-9H2,1-5H3. The highest BCUT2D eigenvalue weighted by molar-refractivity contribution is 8.00. The molecule has 2 unspecified atom stereocenters. The Morgan fingerprint density at radius 2 is 2.12 bits per heavy atom. The van der Waals surface area contributed by atoms with Gasteiger partial charge in [0.2, 0.25) is 5.91 Å². The number of carbonyl (C=O) groups excluding carboxylic acids is 1. The van der Waals surface area contributed by atoms with E-state index in [4.69, 9.17) is 0 Å². The van der Waals surface area contributed by atoms with E-state index in [2.05, 4.69) is 32.6 Å². The summed E-state index contributed by atoms with van der Waals surface area (Å²) in [4.78, 5) is 13.9. The van der Waals surface area contributed by atoms with Crippen molar-refractivity contribution in [2.24, 2.45) is 5.92 Å². The fourth-order valence-electron chi connectivity index (χ4n) is 2.83. The van der Waals surface area contributed by atoms with Gasteiger partial charge in [-0.05, 0) is 26.2 Å². The highest BCUT2D eigenvalue weighted by Gasteiger charge is 2.44. The molecule has 0 aromatic rings. The van der Waals surface area contributed by atoms with Crippen molar-refractivity contribution < 1.29 is 4.79 Å². The SMILES string of the molecule is CCCC(CC)C1CSC(C)(C)N1C(C)=O. The molecule has 0 radical (unpaired) electrons. The normalized spacial score (nSPS) is 25.8. The van der Waals surface area contributed by atoms with Crippen LogP contribution in [0.15, 0.2) is 0 Å². The molecule has 16 heavy (non-hydrogen) atoms. The van der Waals surface area contributed by atoms with Gasteiger partial charge in [0.15, 0.2) is 0 Å². The van der Waals surface area contributed by atoms with Crippen molar-refractivity contribution in [2.75, 3.05) is 5.75 Å². The van der Waals surface area contributed by atoms with Gasteiger partial charge in [0, 0.05) is 18.7 Å². The van der Waals surface area contributed by atoms with E-state index >= 15 is 0 Å². The van der Waals surface area contributed by atoms with Crippen LogP contribution < -0.4 is 0 Å². The minimum Gasteiger partial charge on any atom is -0.325 e. The summed E-state index contributed by atoms with van der Waals surface area (Å²) in [7, 11) is 0. The van der Waals surface area contributed by atoms with Gasteiger partial charge >= 0.3 is 0 Å². The summed E-state index contributed by atoms with van der Waals surface area (Å²) >= 11 is 1.92. The van der Waals surface area contributed by atoms with Crippen LogP contribution in [0.3, 0.4) is 0 Å². The average molecular weight is 243 g/mol. The molecule has 1 fully saturated rings. The summed E-state index contributed by atoms with van der Waals surface area (Å²) in [6.07, 6.45) is 3.63. The first-order valence-electron chi connectivity index (χ1n) is 6.37. The Morgan fingerprint density at radius 1 is 1.50 bits per heavy atom. The molecule has 0 N–H and O–H groups in total. The lowest BCUT2D eigenvalue weighted by Crippen LogP contribution is -2.48. The smallest absolute Gasteiger partial charge is 0.220 e. The molecule has 0 aromatic heterocycles. The quantitative estimate of drug-likeness (QED) is 0.753. The van der Waals surface area contributed by atoms with Gasteiger partial charge < -0.3 is 4.90 Å². The average Bonchev–Trinajstić information content (AvgIpc) is 2.50. The number of hydrogen-bond donors (Lipinski definition) is 0. The van der Waals surface area contributed by atoms with Crippen molar-refractivity contribution in [2.45, 2.75) is 64.8 Å². The number of rotatable bonds is 4. The number of thioether (sulfide) groups is 1. The molecule has 0 bridgehead atoms. The molecule has 1 rings (SSSR count). The van der Waals surface area contributed by atoms with E-state index in [1.54, 1.807) is 6.92 Å². The van der Waals surface area contributed by atoms with Crippen LogP contribution in [0.25, 0.3) is 0 Å². The third-order valence-electron chi connectivity index (χ3n) is 3.59. The van der Waals surface area contributed by atoms with Gasteiger partial charge in [-0.3, -0.25) is 4.79 Å². The molecule has 2 atom stereocenters. The van der Waals surface area contributed by atoms with Gasteiger partial charge in [0.1, 0.15) is 0 Å². The Hall–Kier alpha value is -0.180. The summed E-state index contributed by atoms with van der Waals surface area (Å²) < 4.78 is 0. The van der Waals surface area contributed by atoms with Crippen molar-refractivity contribution in [3.63, 3.8) is 0 Å². The molecule has 2 nitrogen and oxygen atoms in total. The maximum absolute atomic E-state index is 11.8. The first-order chi connectivity index (χ1) is 7.44. The molecule has 0 aromatic carbocycles. The first-order valence-corrected chi connectivity index (χ1v) is 7.36. The highest BCUT2D eigenvalue weighted by Crippen LogP contribution is 2.42. The van der Waals surface area contributed by atoms with E-state index in [1.807, 2.05) is 11.8 Å². The predicted molar refractivity (Wildman–Crippen MR) is 71.5 cm³/mol. The van der Waals surface area contributed by atoms with E-state index in [0.717, 1.165) is 5.75 Å². The monoisotopic (exact) mass is 243 g/mol. The van der Waals surface area contributed by atoms with Crippen LogP contribution in [0.5, 0.6) is 0 Å². The minimum atomic E-state index is -0.0162. The summed E-state index contributed by atoms with van der Waals surface area (Å²) in [5, 5.41) is 0. The van der Waals surface area contributed by atoms with E-state index < -0.39 is 0 Å². The third kappa shape index (κ3) is 2.73. The Labute approximate surface area is 104 Å². The van der Waals surface area contributed by atoms with E-state index in [1.165, 1.54) is 19.3 Å². The van der Waals surface area contributed by atoms with Crippen LogP contribution in [0.2, 0.25) is 0 Å². The zero-order chi connectivity index (χ0) is 12.3. The summed E-state index contributed by atoms with van der Waals surface area (Å²) in [6.45, 7) is 10.5.